The summed E-state index contributed by atoms with van der Waals surface area (Å²) in [6.45, 7) is 2.80. The molecule has 2 aromatic rings. The smallest absolute Gasteiger partial charge is 0.226 e. The molecule has 3 atom stereocenters. The van der Waals surface area contributed by atoms with Crippen LogP contribution in [-0.4, -0.2) is 39.5 Å². The number of imidazole rings is 1. The van der Waals surface area contributed by atoms with Crippen molar-refractivity contribution >= 4 is 5.91 Å². The standard InChI is InChI=1S/C22H28N4O/c1-25-12-11-24-20(25)15-26(19-14-22(19)7-9-23-10-8-22)21(27)18-13-17(18)16-5-3-2-4-6-16/h2-6,11-12,17-19,23H,7-10,13-15H2,1H3/t17-,18-,19+/m1/s1. The van der Waals surface area contributed by atoms with E-state index in [4.69, 9.17) is 0 Å². The van der Waals surface area contributed by atoms with E-state index in [1.807, 2.05) is 30.1 Å². The van der Waals surface area contributed by atoms with Gasteiger partial charge in [0.1, 0.15) is 5.82 Å². The molecular formula is C22H28N4O. The van der Waals surface area contributed by atoms with Crippen LogP contribution in [0.15, 0.2) is 42.7 Å². The van der Waals surface area contributed by atoms with Gasteiger partial charge in [-0.05, 0) is 55.7 Å². The molecule has 1 aromatic heterocycles. The van der Waals surface area contributed by atoms with Gasteiger partial charge in [0.2, 0.25) is 5.91 Å². The Kier molecular flexibility index (Phi) is 4.08. The van der Waals surface area contributed by atoms with Crippen LogP contribution in [0, 0.1) is 11.3 Å². The summed E-state index contributed by atoms with van der Waals surface area (Å²) in [5, 5.41) is 3.47. The molecule has 1 aromatic carbocycles. The third-order valence-corrected chi connectivity index (χ3v) is 6.97. The number of hydrogen-bond acceptors (Lipinski definition) is 3. The zero-order valence-electron chi connectivity index (χ0n) is 16.0. The molecular weight excluding hydrogens is 336 g/mol. The van der Waals surface area contributed by atoms with Gasteiger partial charge in [-0.25, -0.2) is 4.98 Å². The van der Waals surface area contributed by atoms with Crippen molar-refractivity contribution in [2.45, 2.75) is 44.2 Å². The number of amides is 1. The second-order valence-electron chi connectivity index (χ2n) is 8.61. The topological polar surface area (TPSA) is 50.2 Å². The van der Waals surface area contributed by atoms with E-state index in [0.29, 0.717) is 29.8 Å². The van der Waals surface area contributed by atoms with Gasteiger partial charge in [-0.2, -0.15) is 0 Å². The van der Waals surface area contributed by atoms with Crippen molar-refractivity contribution in [3.8, 4) is 0 Å². The van der Waals surface area contributed by atoms with Crippen LogP contribution in [0.4, 0.5) is 0 Å². The monoisotopic (exact) mass is 364 g/mol. The van der Waals surface area contributed by atoms with Crippen LogP contribution in [-0.2, 0) is 18.4 Å². The minimum absolute atomic E-state index is 0.145. The lowest BCUT2D eigenvalue weighted by Gasteiger charge is -2.29. The summed E-state index contributed by atoms with van der Waals surface area (Å²) in [7, 11) is 2.02. The molecule has 1 spiro atoms. The van der Waals surface area contributed by atoms with E-state index in [9.17, 15) is 4.79 Å². The number of carbonyl (C=O) groups excluding carboxylic acids is 1. The van der Waals surface area contributed by atoms with Crippen LogP contribution in [0.2, 0.25) is 0 Å². The first-order valence-corrected chi connectivity index (χ1v) is 10.2. The van der Waals surface area contributed by atoms with Gasteiger partial charge in [-0.15, -0.1) is 0 Å². The number of carbonyl (C=O) groups is 1. The van der Waals surface area contributed by atoms with Gasteiger partial charge in [-0.1, -0.05) is 30.3 Å². The molecule has 1 saturated heterocycles. The first-order chi connectivity index (χ1) is 13.2. The van der Waals surface area contributed by atoms with Gasteiger partial charge in [0, 0.05) is 31.4 Å². The molecule has 142 valence electrons. The van der Waals surface area contributed by atoms with Crippen molar-refractivity contribution in [2.75, 3.05) is 13.1 Å². The lowest BCUT2D eigenvalue weighted by molar-refractivity contribution is -0.134. The number of aromatic nitrogens is 2. The van der Waals surface area contributed by atoms with Crippen LogP contribution in [0.1, 0.15) is 43.0 Å². The second-order valence-corrected chi connectivity index (χ2v) is 8.61. The van der Waals surface area contributed by atoms with Crippen molar-refractivity contribution in [2.24, 2.45) is 18.4 Å². The van der Waals surface area contributed by atoms with E-state index < -0.39 is 0 Å². The average Bonchev–Trinajstić information content (AvgIpc) is 3.59. The molecule has 3 aliphatic rings. The fourth-order valence-electron chi connectivity index (χ4n) is 5.02. The highest BCUT2D eigenvalue weighted by Gasteiger charge is 2.59. The minimum atomic E-state index is 0.145. The third kappa shape index (κ3) is 3.08. The van der Waals surface area contributed by atoms with E-state index in [-0.39, 0.29) is 5.92 Å². The summed E-state index contributed by atoms with van der Waals surface area (Å²) in [4.78, 5) is 20.2. The molecule has 1 amide bonds. The van der Waals surface area contributed by atoms with Crippen molar-refractivity contribution in [1.82, 2.24) is 19.8 Å². The Morgan fingerprint density at radius 1 is 1.30 bits per heavy atom. The summed E-state index contributed by atoms with van der Waals surface area (Å²) < 4.78 is 2.04. The first kappa shape index (κ1) is 17.0. The molecule has 2 aliphatic carbocycles. The largest absolute Gasteiger partial charge is 0.337 e. The van der Waals surface area contributed by atoms with Crippen LogP contribution in [0.25, 0.3) is 0 Å². The number of rotatable bonds is 5. The van der Waals surface area contributed by atoms with E-state index in [1.165, 1.54) is 18.4 Å². The molecule has 5 heteroatoms. The molecule has 27 heavy (non-hydrogen) atoms. The first-order valence-electron chi connectivity index (χ1n) is 10.2. The Bertz CT molecular complexity index is 824. The predicted octanol–water partition coefficient (Wildman–Crippen LogP) is 2.69. The van der Waals surface area contributed by atoms with Crippen molar-refractivity contribution < 1.29 is 4.79 Å². The fraction of sp³-hybridized carbons (Fsp3) is 0.545. The summed E-state index contributed by atoms with van der Waals surface area (Å²) >= 11 is 0. The number of hydrogen-bond donors (Lipinski definition) is 1. The molecule has 3 fully saturated rings. The lowest BCUT2D eigenvalue weighted by Crippen LogP contribution is -2.40. The zero-order chi connectivity index (χ0) is 18.4. The number of piperidine rings is 1. The molecule has 0 bridgehead atoms. The predicted molar refractivity (Wildman–Crippen MR) is 104 cm³/mol. The maximum atomic E-state index is 13.5. The SMILES string of the molecule is Cn1ccnc1CN(C(=O)[C@@H]1C[C@@H]1c1ccccc1)[C@H]1CC12CCNCC2. The summed E-state index contributed by atoms with van der Waals surface area (Å²) in [6, 6.07) is 10.9. The molecule has 5 nitrogen and oxygen atoms in total. The summed E-state index contributed by atoms with van der Waals surface area (Å²) in [6.07, 6.45) is 8.32. The third-order valence-electron chi connectivity index (χ3n) is 6.97. The Hall–Kier alpha value is -2.14. The highest BCUT2D eigenvalue weighted by Crippen LogP contribution is 2.58. The quantitative estimate of drug-likeness (QED) is 0.887. The summed E-state index contributed by atoms with van der Waals surface area (Å²) in [5.74, 6) is 1.86. The second kappa shape index (κ2) is 6.48. The van der Waals surface area contributed by atoms with Gasteiger partial charge >= 0.3 is 0 Å². The Labute approximate surface area is 160 Å². The van der Waals surface area contributed by atoms with Gasteiger partial charge < -0.3 is 14.8 Å². The van der Waals surface area contributed by atoms with Crippen LogP contribution in [0.5, 0.6) is 0 Å². The maximum Gasteiger partial charge on any atom is 0.226 e. The van der Waals surface area contributed by atoms with E-state index >= 15 is 0 Å². The van der Waals surface area contributed by atoms with E-state index in [0.717, 1.165) is 31.8 Å². The number of nitrogens with one attached hydrogen (secondary N) is 1. The highest BCUT2D eigenvalue weighted by molar-refractivity contribution is 5.83. The number of benzene rings is 1. The van der Waals surface area contributed by atoms with Crippen LogP contribution in [0.3, 0.4) is 0 Å². The molecule has 1 aliphatic heterocycles. The zero-order valence-corrected chi connectivity index (χ0v) is 16.0. The van der Waals surface area contributed by atoms with Gasteiger partial charge in [0.25, 0.3) is 0 Å². The lowest BCUT2D eigenvalue weighted by atomic mass is 9.93. The normalized spacial score (nSPS) is 28.1. The molecule has 2 saturated carbocycles. The van der Waals surface area contributed by atoms with Crippen molar-refractivity contribution in [1.29, 1.82) is 0 Å². The van der Waals surface area contributed by atoms with E-state index in [1.54, 1.807) is 0 Å². The highest BCUT2D eigenvalue weighted by atomic mass is 16.2. The minimum Gasteiger partial charge on any atom is -0.337 e. The number of nitrogens with zero attached hydrogens (tertiary/aromatic N) is 3. The fourth-order valence-corrected chi connectivity index (χ4v) is 5.02. The van der Waals surface area contributed by atoms with Crippen molar-refractivity contribution in [3.05, 3.63) is 54.1 Å². The molecule has 1 N–H and O–H groups in total. The molecule has 5 rings (SSSR count). The van der Waals surface area contributed by atoms with Crippen molar-refractivity contribution in [3.63, 3.8) is 0 Å². The molecule has 0 radical (unpaired) electrons. The van der Waals surface area contributed by atoms with Crippen LogP contribution >= 0.6 is 0 Å². The van der Waals surface area contributed by atoms with E-state index in [2.05, 4.69) is 39.5 Å². The Morgan fingerprint density at radius 2 is 2.07 bits per heavy atom. The van der Waals surface area contributed by atoms with Crippen LogP contribution < -0.4 is 5.32 Å². The Morgan fingerprint density at radius 3 is 2.78 bits per heavy atom. The van der Waals surface area contributed by atoms with Gasteiger partial charge in [-0.3, -0.25) is 4.79 Å². The Balaban J connectivity index is 1.36. The summed E-state index contributed by atoms with van der Waals surface area (Å²) in [5.41, 5.74) is 1.66. The van der Waals surface area contributed by atoms with Gasteiger partial charge in [0.05, 0.1) is 6.54 Å². The molecule has 0 unspecified atom stereocenters. The maximum absolute atomic E-state index is 13.5. The van der Waals surface area contributed by atoms with Gasteiger partial charge in [0.15, 0.2) is 0 Å². The molecule has 2 heterocycles. The number of aryl methyl sites for hydroxylation is 1. The average molecular weight is 364 g/mol.